The van der Waals surface area contributed by atoms with Crippen LogP contribution < -0.4 is 10.5 Å². The van der Waals surface area contributed by atoms with Crippen molar-refractivity contribution in [2.24, 2.45) is 11.7 Å². The van der Waals surface area contributed by atoms with Crippen LogP contribution in [0.4, 0.5) is 0 Å². The van der Waals surface area contributed by atoms with E-state index >= 15 is 0 Å². The topological polar surface area (TPSA) is 35.2 Å². The first-order valence-corrected chi connectivity index (χ1v) is 6.16. The number of halogens is 1. The molecule has 1 saturated carbocycles. The summed E-state index contributed by atoms with van der Waals surface area (Å²) in [5.74, 6) is 1.50. The molecule has 1 fully saturated rings. The summed E-state index contributed by atoms with van der Waals surface area (Å²) >= 11 is 6.01. The second-order valence-corrected chi connectivity index (χ2v) is 4.95. The van der Waals surface area contributed by atoms with Crippen LogP contribution in [0.3, 0.4) is 0 Å². The largest absolute Gasteiger partial charge is 0.496 e. The zero-order valence-electron chi connectivity index (χ0n) is 9.58. The summed E-state index contributed by atoms with van der Waals surface area (Å²) in [6.45, 7) is 0. The highest BCUT2D eigenvalue weighted by Crippen LogP contribution is 2.31. The number of hydrogen-bond donors (Lipinski definition) is 1. The molecule has 1 aliphatic carbocycles. The minimum atomic E-state index is 0.337. The van der Waals surface area contributed by atoms with E-state index in [2.05, 4.69) is 0 Å². The van der Waals surface area contributed by atoms with Gasteiger partial charge in [0.25, 0.3) is 0 Å². The van der Waals surface area contributed by atoms with Crippen LogP contribution in [0.1, 0.15) is 24.8 Å². The molecule has 16 heavy (non-hydrogen) atoms. The predicted octanol–water partition coefficient (Wildman–Crippen LogP) is 3.02. The Bertz CT molecular complexity index is 367. The third-order valence-corrected chi connectivity index (χ3v) is 3.68. The summed E-state index contributed by atoms with van der Waals surface area (Å²) in [4.78, 5) is 0. The van der Waals surface area contributed by atoms with Gasteiger partial charge in [0.15, 0.2) is 0 Å². The van der Waals surface area contributed by atoms with Crippen molar-refractivity contribution in [3.63, 3.8) is 0 Å². The van der Waals surface area contributed by atoms with E-state index in [1.165, 1.54) is 18.4 Å². The van der Waals surface area contributed by atoms with Gasteiger partial charge in [-0.3, -0.25) is 0 Å². The van der Waals surface area contributed by atoms with Gasteiger partial charge in [-0.1, -0.05) is 18.0 Å². The summed E-state index contributed by atoms with van der Waals surface area (Å²) in [6, 6.07) is 6.12. The fourth-order valence-corrected chi connectivity index (χ4v) is 2.70. The molecule has 0 heterocycles. The summed E-state index contributed by atoms with van der Waals surface area (Å²) in [6.07, 6.45) is 4.59. The molecule has 0 amide bonds. The predicted molar refractivity (Wildman–Crippen MR) is 67.0 cm³/mol. The van der Waals surface area contributed by atoms with E-state index in [0.29, 0.717) is 12.0 Å². The molecule has 2 rings (SSSR count). The summed E-state index contributed by atoms with van der Waals surface area (Å²) in [5, 5.41) is 0.766. The minimum absolute atomic E-state index is 0.337. The van der Waals surface area contributed by atoms with Gasteiger partial charge in [0, 0.05) is 11.1 Å². The van der Waals surface area contributed by atoms with Crippen LogP contribution in [0, 0.1) is 5.92 Å². The van der Waals surface area contributed by atoms with Crippen LogP contribution in [0.15, 0.2) is 18.2 Å². The average molecular weight is 240 g/mol. The summed E-state index contributed by atoms with van der Waals surface area (Å²) in [7, 11) is 1.70. The zero-order chi connectivity index (χ0) is 11.5. The van der Waals surface area contributed by atoms with Crippen LogP contribution in [0.2, 0.25) is 5.02 Å². The summed E-state index contributed by atoms with van der Waals surface area (Å²) < 4.78 is 5.35. The van der Waals surface area contributed by atoms with Crippen LogP contribution >= 0.6 is 11.6 Å². The van der Waals surface area contributed by atoms with Crippen molar-refractivity contribution in [3.05, 3.63) is 28.8 Å². The Hall–Kier alpha value is -0.730. The molecule has 0 saturated heterocycles. The molecular weight excluding hydrogens is 222 g/mol. The van der Waals surface area contributed by atoms with Crippen molar-refractivity contribution in [1.82, 2.24) is 0 Å². The molecule has 0 radical (unpaired) electrons. The third-order valence-electron chi connectivity index (χ3n) is 3.44. The van der Waals surface area contributed by atoms with Gasteiger partial charge in [-0.2, -0.15) is 0 Å². The fraction of sp³-hybridized carbons (Fsp3) is 0.538. The Kier molecular flexibility index (Phi) is 3.72. The first-order chi connectivity index (χ1) is 7.70. The molecule has 2 nitrogen and oxygen atoms in total. The van der Waals surface area contributed by atoms with Gasteiger partial charge >= 0.3 is 0 Å². The molecule has 2 unspecified atom stereocenters. The molecule has 88 valence electrons. The Morgan fingerprint density at radius 2 is 2.25 bits per heavy atom. The summed E-state index contributed by atoms with van der Waals surface area (Å²) in [5.41, 5.74) is 7.26. The number of benzene rings is 1. The lowest BCUT2D eigenvalue weighted by Gasteiger charge is -2.17. The standard InChI is InChI=1S/C13H18ClNO/c1-16-13-6-5-11(14)8-10(13)7-9-3-2-4-12(9)15/h5-6,8-9,12H,2-4,7,15H2,1H3. The van der Waals surface area contributed by atoms with Gasteiger partial charge in [-0.15, -0.1) is 0 Å². The van der Waals surface area contributed by atoms with Crippen molar-refractivity contribution < 1.29 is 4.74 Å². The molecule has 1 aliphatic rings. The average Bonchev–Trinajstić information content (AvgIpc) is 2.65. The molecule has 3 heteroatoms. The number of rotatable bonds is 3. The van der Waals surface area contributed by atoms with Crippen LogP contribution in [0.5, 0.6) is 5.75 Å². The Balaban J connectivity index is 2.16. The van der Waals surface area contributed by atoms with Crippen LogP contribution in [0.25, 0.3) is 0 Å². The molecule has 1 aromatic carbocycles. The van der Waals surface area contributed by atoms with E-state index in [0.717, 1.165) is 23.6 Å². The van der Waals surface area contributed by atoms with Crippen molar-refractivity contribution in [3.8, 4) is 5.75 Å². The molecule has 0 spiro atoms. The van der Waals surface area contributed by atoms with E-state index in [4.69, 9.17) is 22.1 Å². The van der Waals surface area contributed by atoms with E-state index in [9.17, 15) is 0 Å². The van der Waals surface area contributed by atoms with Gasteiger partial charge in [-0.05, 0) is 48.9 Å². The number of methoxy groups -OCH3 is 1. The second-order valence-electron chi connectivity index (χ2n) is 4.52. The van der Waals surface area contributed by atoms with Crippen LogP contribution in [-0.4, -0.2) is 13.2 Å². The van der Waals surface area contributed by atoms with E-state index < -0.39 is 0 Å². The smallest absolute Gasteiger partial charge is 0.122 e. The molecule has 1 aromatic rings. The van der Waals surface area contributed by atoms with Crippen LogP contribution in [-0.2, 0) is 6.42 Å². The lowest BCUT2D eigenvalue weighted by atomic mass is 9.94. The van der Waals surface area contributed by atoms with Gasteiger partial charge in [-0.25, -0.2) is 0 Å². The Morgan fingerprint density at radius 1 is 1.44 bits per heavy atom. The maximum Gasteiger partial charge on any atom is 0.122 e. The Labute approximate surface area is 102 Å². The Morgan fingerprint density at radius 3 is 2.88 bits per heavy atom. The van der Waals surface area contributed by atoms with Gasteiger partial charge < -0.3 is 10.5 Å². The monoisotopic (exact) mass is 239 g/mol. The van der Waals surface area contributed by atoms with E-state index in [1.807, 2.05) is 18.2 Å². The van der Waals surface area contributed by atoms with Gasteiger partial charge in [0.2, 0.25) is 0 Å². The molecule has 0 aromatic heterocycles. The quantitative estimate of drug-likeness (QED) is 0.880. The maximum atomic E-state index is 6.08. The highest BCUT2D eigenvalue weighted by Gasteiger charge is 2.24. The number of nitrogens with two attached hydrogens (primary N) is 1. The SMILES string of the molecule is COc1ccc(Cl)cc1CC1CCCC1N. The highest BCUT2D eigenvalue weighted by molar-refractivity contribution is 6.30. The molecule has 2 N–H and O–H groups in total. The zero-order valence-corrected chi connectivity index (χ0v) is 10.3. The van der Waals surface area contributed by atoms with Crippen molar-refractivity contribution >= 4 is 11.6 Å². The van der Waals surface area contributed by atoms with Gasteiger partial charge in [0.05, 0.1) is 7.11 Å². The number of ether oxygens (including phenoxy) is 1. The lowest BCUT2D eigenvalue weighted by Crippen LogP contribution is -2.26. The minimum Gasteiger partial charge on any atom is -0.496 e. The van der Waals surface area contributed by atoms with E-state index in [1.54, 1.807) is 7.11 Å². The highest BCUT2D eigenvalue weighted by atomic mass is 35.5. The fourth-order valence-electron chi connectivity index (χ4n) is 2.51. The first kappa shape index (κ1) is 11.7. The second kappa shape index (κ2) is 5.07. The van der Waals surface area contributed by atoms with Crippen molar-refractivity contribution in [2.75, 3.05) is 7.11 Å². The number of hydrogen-bond acceptors (Lipinski definition) is 2. The molecule has 0 aliphatic heterocycles. The van der Waals surface area contributed by atoms with Crippen molar-refractivity contribution in [2.45, 2.75) is 31.7 Å². The first-order valence-electron chi connectivity index (χ1n) is 5.78. The lowest BCUT2D eigenvalue weighted by molar-refractivity contribution is 0.400. The maximum absolute atomic E-state index is 6.08. The van der Waals surface area contributed by atoms with E-state index in [-0.39, 0.29) is 0 Å². The third kappa shape index (κ3) is 2.50. The van der Waals surface area contributed by atoms with Gasteiger partial charge in [0.1, 0.15) is 5.75 Å². The van der Waals surface area contributed by atoms with Crippen molar-refractivity contribution in [1.29, 1.82) is 0 Å². The normalized spacial score (nSPS) is 24.7. The molecule has 0 bridgehead atoms. The molecule has 2 atom stereocenters. The molecular formula is C13H18ClNO.